The molecule has 2 aliphatic rings. The van der Waals surface area contributed by atoms with Gasteiger partial charge in [-0.25, -0.2) is 4.39 Å². The number of nitrogens with zero attached hydrogens (tertiary/aromatic N) is 1. The van der Waals surface area contributed by atoms with Gasteiger partial charge in [-0.05, 0) is 55.5 Å². The molecule has 2 aromatic rings. The molecule has 2 atom stereocenters. The van der Waals surface area contributed by atoms with Crippen molar-refractivity contribution in [2.75, 3.05) is 20.3 Å². The maximum absolute atomic E-state index is 14.3. The van der Waals surface area contributed by atoms with Crippen molar-refractivity contribution in [2.45, 2.75) is 50.8 Å². The number of fused-ring (bicyclic) bond motifs is 1. The molecule has 1 N–H and O–H groups in total. The lowest BCUT2D eigenvalue weighted by atomic mass is 9.89. The number of nitrogens with one attached hydrogen (secondary N) is 1. The molecule has 0 radical (unpaired) electrons. The van der Waals surface area contributed by atoms with Crippen molar-refractivity contribution in [3.05, 3.63) is 76.8 Å². The molecule has 2 amide bonds. The first-order valence-corrected chi connectivity index (χ1v) is 11.9. The number of amides is 2. The average Bonchev–Trinajstić information content (AvgIpc) is 2.86. The van der Waals surface area contributed by atoms with Gasteiger partial charge >= 0.3 is 0 Å². The SMILES string of the molecule is COCCCNC(=O)c1ccc(/C=C2\OC3CCCCC3N(Cc3ccccc3F)C2=O)cc1. The van der Waals surface area contributed by atoms with Gasteiger partial charge in [0.25, 0.3) is 11.8 Å². The van der Waals surface area contributed by atoms with Gasteiger partial charge in [-0.1, -0.05) is 36.8 Å². The predicted molar refractivity (Wildman–Crippen MR) is 127 cm³/mol. The van der Waals surface area contributed by atoms with Gasteiger partial charge in [0.2, 0.25) is 0 Å². The molecule has 1 aliphatic heterocycles. The van der Waals surface area contributed by atoms with Crippen LogP contribution in [0.15, 0.2) is 54.3 Å². The second-order valence-electron chi connectivity index (χ2n) is 8.77. The number of morpholine rings is 1. The Morgan fingerprint density at radius 1 is 1.18 bits per heavy atom. The van der Waals surface area contributed by atoms with Gasteiger partial charge < -0.3 is 19.7 Å². The van der Waals surface area contributed by atoms with Crippen LogP contribution in [-0.4, -0.2) is 49.1 Å². The number of ether oxygens (including phenoxy) is 2. The molecule has 1 saturated heterocycles. The molecule has 0 aromatic heterocycles. The van der Waals surface area contributed by atoms with Crippen LogP contribution < -0.4 is 5.32 Å². The lowest BCUT2D eigenvalue weighted by Gasteiger charge is -2.44. The molecule has 7 heteroatoms. The summed E-state index contributed by atoms with van der Waals surface area (Å²) in [6, 6.07) is 13.6. The Bertz CT molecular complexity index is 1040. The van der Waals surface area contributed by atoms with E-state index in [-0.39, 0.29) is 42.1 Å². The zero-order valence-corrected chi connectivity index (χ0v) is 19.5. The van der Waals surface area contributed by atoms with E-state index in [0.717, 1.165) is 37.7 Å². The number of benzene rings is 2. The largest absolute Gasteiger partial charge is 0.482 e. The van der Waals surface area contributed by atoms with E-state index in [1.807, 2.05) is 0 Å². The van der Waals surface area contributed by atoms with E-state index in [2.05, 4.69) is 5.32 Å². The Hall–Kier alpha value is -3.19. The second kappa shape index (κ2) is 11.3. The fraction of sp³-hybridized carbons (Fsp3) is 0.407. The molecule has 0 spiro atoms. The summed E-state index contributed by atoms with van der Waals surface area (Å²) in [7, 11) is 1.63. The summed E-state index contributed by atoms with van der Waals surface area (Å²) >= 11 is 0. The van der Waals surface area contributed by atoms with Crippen LogP contribution in [0, 0.1) is 5.82 Å². The van der Waals surface area contributed by atoms with Gasteiger partial charge in [-0.2, -0.15) is 0 Å². The van der Waals surface area contributed by atoms with Crippen molar-refractivity contribution < 1.29 is 23.5 Å². The van der Waals surface area contributed by atoms with Crippen LogP contribution in [0.3, 0.4) is 0 Å². The smallest absolute Gasteiger partial charge is 0.289 e. The van der Waals surface area contributed by atoms with E-state index in [1.165, 1.54) is 6.07 Å². The quantitative estimate of drug-likeness (QED) is 0.465. The Labute approximate surface area is 199 Å². The molecule has 4 rings (SSSR count). The van der Waals surface area contributed by atoms with Gasteiger partial charge in [0.15, 0.2) is 5.76 Å². The topological polar surface area (TPSA) is 67.9 Å². The van der Waals surface area contributed by atoms with E-state index in [4.69, 9.17) is 9.47 Å². The fourth-order valence-corrected chi connectivity index (χ4v) is 4.57. The third-order valence-electron chi connectivity index (χ3n) is 6.40. The summed E-state index contributed by atoms with van der Waals surface area (Å²) in [6.45, 7) is 1.35. The van der Waals surface area contributed by atoms with Gasteiger partial charge in [0.05, 0.1) is 6.04 Å². The first-order chi connectivity index (χ1) is 16.6. The highest BCUT2D eigenvalue weighted by atomic mass is 19.1. The van der Waals surface area contributed by atoms with E-state index in [1.54, 1.807) is 60.6 Å². The Balaban J connectivity index is 1.50. The minimum absolute atomic E-state index is 0.0535. The lowest BCUT2D eigenvalue weighted by molar-refractivity contribution is -0.149. The van der Waals surface area contributed by atoms with E-state index < -0.39 is 0 Å². The molecule has 180 valence electrons. The highest BCUT2D eigenvalue weighted by Crippen LogP contribution is 2.34. The first-order valence-electron chi connectivity index (χ1n) is 11.9. The molecule has 6 nitrogen and oxygen atoms in total. The number of hydrogen-bond donors (Lipinski definition) is 1. The maximum atomic E-state index is 14.3. The fourth-order valence-electron chi connectivity index (χ4n) is 4.57. The molecule has 0 bridgehead atoms. The standard InChI is InChI=1S/C27H31FN2O4/c1-33-16-6-15-29-26(31)20-13-11-19(12-14-20)17-25-27(32)30(18-21-7-2-3-8-22(21)28)23-9-4-5-10-24(23)34-25/h2-3,7-8,11-14,17,23-24H,4-6,9-10,15-16,18H2,1H3,(H,29,31)/b25-17-. The number of halogens is 1. The molecule has 1 saturated carbocycles. The first kappa shape index (κ1) is 24.0. The zero-order valence-electron chi connectivity index (χ0n) is 19.5. The van der Waals surface area contributed by atoms with Crippen LogP contribution in [0.5, 0.6) is 0 Å². The Kier molecular flexibility index (Phi) is 7.95. The van der Waals surface area contributed by atoms with Crippen molar-refractivity contribution in [2.24, 2.45) is 0 Å². The van der Waals surface area contributed by atoms with Crippen molar-refractivity contribution in [3.8, 4) is 0 Å². The van der Waals surface area contributed by atoms with E-state index >= 15 is 0 Å². The summed E-state index contributed by atoms with van der Waals surface area (Å²) in [5.41, 5.74) is 1.81. The van der Waals surface area contributed by atoms with Crippen LogP contribution in [0.1, 0.15) is 53.6 Å². The van der Waals surface area contributed by atoms with Gasteiger partial charge in [-0.15, -0.1) is 0 Å². The molecular weight excluding hydrogens is 435 g/mol. The molecule has 34 heavy (non-hydrogen) atoms. The second-order valence-corrected chi connectivity index (χ2v) is 8.77. The van der Waals surface area contributed by atoms with Gasteiger partial charge in [-0.3, -0.25) is 9.59 Å². The highest BCUT2D eigenvalue weighted by molar-refractivity contribution is 5.97. The monoisotopic (exact) mass is 466 g/mol. The van der Waals surface area contributed by atoms with Crippen LogP contribution in [0.25, 0.3) is 6.08 Å². The summed E-state index contributed by atoms with van der Waals surface area (Å²) in [5, 5.41) is 2.86. The molecule has 2 aromatic carbocycles. The highest BCUT2D eigenvalue weighted by Gasteiger charge is 2.41. The van der Waals surface area contributed by atoms with Crippen LogP contribution in [0.2, 0.25) is 0 Å². The lowest BCUT2D eigenvalue weighted by Crippen LogP contribution is -2.54. The average molecular weight is 467 g/mol. The zero-order chi connectivity index (χ0) is 23.9. The summed E-state index contributed by atoms with van der Waals surface area (Å²) < 4.78 is 25.5. The Morgan fingerprint density at radius 3 is 2.71 bits per heavy atom. The maximum Gasteiger partial charge on any atom is 0.289 e. The molecule has 2 unspecified atom stereocenters. The summed E-state index contributed by atoms with van der Waals surface area (Å²) in [4.78, 5) is 27.4. The molecule has 1 heterocycles. The third-order valence-corrected chi connectivity index (χ3v) is 6.40. The number of methoxy groups -OCH3 is 1. The third kappa shape index (κ3) is 5.65. The molecule has 1 aliphatic carbocycles. The Morgan fingerprint density at radius 2 is 1.94 bits per heavy atom. The number of carbonyl (C=O) groups excluding carboxylic acids is 2. The van der Waals surface area contributed by atoms with Crippen molar-refractivity contribution >= 4 is 17.9 Å². The summed E-state index contributed by atoms with van der Waals surface area (Å²) in [6.07, 6.45) is 6.16. The van der Waals surface area contributed by atoms with Crippen LogP contribution >= 0.6 is 0 Å². The predicted octanol–water partition coefficient (Wildman–Crippen LogP) is 4.30. The molecule has 2 fully saturated rings. The minimum atomic E-state index is -0.309. The van der Waals surface area contributed by atoms with Gasteiger partial charge in [0, 0.05) is 37.9 Å². The number of carbonyl (C=O) groups is 2. The number of hydrogen-bond acceptors (Lipinski definition) is 4. The summed E-state index contributed by atoms with van der Waals surface area (Å²) in [5.74, 6) is -0.431. The van der Waals surface area contributed by atoms with E-state index in [9.17, 15) is 14.0 Å². The molecular formula is C27H31FN2O4. The normalized spacial score (nSPS) is 21.2. The minimum Gasteiger partial charge on any atom is -0.482 e. The number of rotatable bonds is 8. The van der Waals surface area contributed by atoms with Crippen LogP contribution in [0.4, 0.5) is 4.39 Å². The van der Waals surface area contributed by atoms with Crippen molar-refractivity contribution in [1.29, 1.82) is 0 Å². The van der Waals surface area contributed by atoms with Crippen LogP contribution in [-0.2, 0) is 20.8 Å². The van der Waals surface area contributed by atoms with E-state index in [0.29, 0.717) is 24.3 Å². The van der Waals surface area contributed by atoms with Crippen molar-refractivity contribution in [1.82, 2.24) is 10.2 Å². The van der Waals surface area contributed by atoms with Crippen molar-refractivity contribution in [3.63, 3.8) is 0 Å². The van der Waals surface area contributed by atoms with Gasteiger partial charge in [0.1, 0.15) is 11.9 Å².